The zero-order valence-corrected chi connectivity index (χ0v) is 13.9. The number of carbonyl (C=O) groups excluding carboxylic acids is 1. The fourth-order valence-electron chi connectivity index (χ4n) is 3.24. The van der Waals surface area contributed by atoms with E-state index in [-0.39, 0.29) is 50.3 Å². The topological polar surface area (TPSA) is 86.3 Å². The van der Waals surface area contributed by atoms with Gasteiger partial charge in [0.1, 0.15) is 45.4 Å². The van der Waals surface area contributed by atoms with Crippen molar-refractivity contribution in [3.8, 4) is 0 Å². The number of rotatable bonds is 8. The zero-order chi connectivity index (χ0) is 16.9. The number of quaternary nitrogens is 1. The lowest BCUT2D eigenvalue weighted by Crippen LogP contribution is -2.46. The van der Waals surface area contributed by atoms with Crippen LogP contribution in [0, 0.1) is 0 Å². The lowest BCUT2D eigenvalue weighted by Gasteiger charge is -2.30. The van der Waals surface area contributed by atoms with Crippen LogP contribution < -0.4 is 5.11 Å². The summed E-state index contributed by atoms with van der Waals surface area (Å²) < 4.78 is 26.7. The Morgan fingerprint density at radius 1 is 1.13 bits per heavy atom. The van der Waals surface area contributed by atoms with E-state index in [0.29, 0.717) is 24.1 Å². The van der Waals surface area contributed by atoms with Gasteiger partial charge in [-0.25, -0.2) is 4.79 Å². The molecule has 0 bridgehead atoms. The molecule has 2 rings (SSSR count). The predicted octanol–water partition coefficient (Wildman–Crippen LogP) is -1.01. The molecule has 0 aromatic heterocycles. The summed E-state index contributed by atoms with van der Waals surface area (Å²) in [6.07, 6.45) is -0.418. The number of methoxy groups -OCH3 is 2. The molecular formula is C15H25NO7. The third kappa shape index (κ3) is 4.21. The highest BCUT2D eigenvalue weighted by Gasteiger charge is 2.50. The minimum atomic E-state index is -0.511. The summed E-state index contributed by atoms with van der Waals surface area (Å²) in [4.78, 5) is 11.9. The molecule has 1 fully saturated rings. The molecule has 0 N–H and O–H groups in total. The van der Waals surface area contributed by atoms with E-state index in [2.05, 4.69) is 0 Å². The number of carbonyl (C=O) groups is 1. The number of nitrogens with zero attached hydrogens (tertiary/aromatic N) is 1. The first kappa shape index (κ1) is 18.2. The Morgan fingerprint density at radius 3 is 2.17 bits per heavy atom. The van der Waals surface area contributed by atoms with Crippen molar-refractivity contribution in [2.24, 2.45) is 0 Å². The van der Waals surface area contributed by atoms with Crippen molar-refractivity contribution in [1.29, 1.82) is 0 Å². The van der Waals surface area contributed by atoms with E-state index in [1.54, 1.807) is 21.1 Å². The molecule has 0 saturated carbocycles. The molecule has 0 radical (unpaired) electrons. The van der Waals surface area contributed by atoms with Gasteiger partial charge in [0.15, 0.2) is 0 Å². The van der Waals surface area contributed by atoms with Gasteiger partial charge in [-0.3, -0.25) is 0 Å². The van der Waals surface area contributed by atoms with Crippen LogP contribution in [0.25, 0.3) is 0 Å². The summed E-state index contributed by atoms with van der Waals surface area (Å²) in [6, 6.07) is 0. The molecule has 8 heteroatoms. The highest BCUT2D eigenvalue weighted by molar-refractivity contribution is 5.89. The zero-order valence-electron chi connectivity index (χ0n) is 13.9. The number of esters is 1. The molecule has 0 aromatic carbocycles. The van der Waals surface area contributed by atoms with Gasteiger partial charge in [-0.1, -0.05) is 5.76 Å². The Hall–Kier alpha value is -1.19. The molecular weight excluding hydrogens is 306 g/mol. The van der Waals surface area contributed by atoms with Crippen LogP contribution in [-0.4, -0.2) is 83.3 Å². The van der Waals surface area contributed by atoms with Crippen molar-refractivity contribution in [1.82, 2.24) is 0 Å². The first-order chi connectivity index (χ1) is 11.0. The fraction of sp³-hybridized carbons (Fsp3) is 0.800. The van der Waals surface area contributed by atoms with Crippen LogP contribution >= 0.6 is 0 Å². The molecule has 0 aromatic rings. The van der Waals surface area contributed by atoms with Gasteiger partial charge < -0.3 is 33.3 Å². The first-order valence-electron chi connectivity index (χ1n) is 7.67. The van der Waals surface area contributed by atoms with Crippen LogP contribution in [0.4, 0.5) is 0 Å². The molecule has 132 valence electrons. The van der Waals surface area contributed by atoms with Crippen LogP contribution in [0.1, 0.15) is 6.92 Å². The third-order valence-electron chi connectivity index (χ3n) is 4.18. The highest BCUT2D eigenvalue weighted by Crippen LogP contribution is 2.32. The van der Waals surface area contributed by atoms with Gasteiger partial charge in [-0.2, -0.15) is 0 Å². The first-order valence-corrected chi connectivity index (χ1v) is 7.67. The van der Waals surface area contributed by atoms with E-state index in [9.17, 15) is 9.90 Å². The number of ether oxygens (including phenoxy) is 5. The average molecular weight is 331 g/mol. The molecule has 0 amide bonds. The Kier molecular flexibility index (Phi) is 6.37. The molecule has 2 aliphatic rings. The maximum atomic E-state index is 12.2. The molecule has 1 saturated heterocycles. The third-order valence-corrected chi connectivity index (χ3v) is 4.18. The second kappa shape index (κ2) is 8.07. The Bertz CT molecular complexity index is 435. The molecule has 8 nitrogen and oxygen atoms in total. The Morgan fingerprint density at radius 2 is 1.70 bits per heavy atom. The second-order valence-electron chi connectivity index (χ2n) is 5.87. The molecule has 2 atom stereocenters. The summed E-state index contributed by atoms with van der Waals surface area (Å²) in [5.74, 6) is -0.663. The van der Waals surface area contributed by atoms with Gasteiger partial charge in [-0.05, 0) is 6.92 Å². The predicted molar refractivity (Wildman–Crippen MR) is 76.9 cm³/mol. The normalized spacial score (nSPS) is 26.2. The van der Waals surface area contributed by atoms with E-state index in [1.807, 2.05) is 0 Å². The average Bonchev–Trinajstić information content (AvgIpc) is 3.03. The van der Waals surface area contributed by atoms with Crippen molar-refractivity contribution in [3.05, 3.63) is 11.3 Å². The SMILES string of the molecule is CCOC(=O)C1=C([O-])C[N+]2(C1)C[C@H](OCOC)[C@@H](OCOC)C2. The van der Waals surface area contributed by atoms with E-state index >= 15 is 0 Å². The molecule has 0 aliphatic carbocycles. The Labute approximate surface area is 136 Å². The van der Waals surface area contributed by atoms with E-state index in [1.165, 1.54) is 0 Å². The van der Waals surface area contributed by atoms with Crippen molar-refractivity contribution in [2.45, 2.75) is 19.1 Å². The van der Waals surface area contributed by atoms with Gasteiger partial charge in [0.25, 0.3) is 0 Å². The summed E-state index contributed by atoms with van der Waals surface area (Å²) >= 11 is 0. The van der Waals surface area contributed by atoms with Crippen molar-refractivity contribution >= 4 is 5.97 Å². The lowest BCUT2D eigenvalue weighted by molar-refractivity contribution is -0.907. The summed E-state index contributed by atoms with van der Waals surface area (Å²) in [5, 5.41) is 12.2. The molecule has 0 unspecified atom stereocenters. The molecule has 23 heavy (non-hydrogen) atoms. The van der Waals surface area contributed by atoms with Crippen molar-refractivity contribution < 1.29 is 38.1 Å². The van der Waals surface area contributed by atoms with E-state index in [4.69, 9.17) is 23.7 Å². The van der Waals surface area contributed by atoms with E-state index in [0.717, 1.165) is 0 Å². The van der Waals surface area contributed by atoms with Crippen molar-refractivity contribution in [3.63, 3.8) is 0 Å². The molecule has 2 heterocycles. The summed E-state index contributed by atoms with van der Waals surface area (Å²) in [6.45, 7) is 4.10. The van der Waals surface area contributed by atoms with Gasteiger partial charge in [0.2, 0.25) is 0 Å². The highest BCUT2D eigenvalue weighted by atomic mass is 16.7. The minimum Gasteiger partial charge on any atom is -0.871 e. The number of hydrogen-bond acceptors (Lipinski definition) is 7. The van der Waals surface area contributed by atoms with Gasteiger partial charge in [0, 0.05) is 14.2 Å². The van der Waals surface area contributed by atoms with Gasteiger partial charge in [0.05, 0.1) is 18.7 Å². The second-order valence-corrected chi connectivity index (χ2v) is 5.87. The van der Waals surface area contributed by atoms with Crippen LogP contribution in [0.15, 0.2) is 11.3 Å². The smallest absolute Gasteiger partial charge is 0.339 e. The van der Waals surface area contributed by atoms with E-state index < -0.39 is 5.97 Å². The maximum Gasteiger partial charge on any atom is 0.339 e. The minimum absolute atomic E-state index is 0.152. The standard InChI is InChI=1S/C15H25NO7/c1-4-21-15(18)11-5-16(6-12(11)17)7-13(22-9-19-2)14(8-16)23-10-20-3/h13-14H,4-10H2,1-3H3/t13-,14-/m0/s1. The summed E-state index contributed by atoms with van der Waals surface area (Å²) in [7, 11) is 3.10. The van der Waals surface area contributed by atoms with Crippen LogP contribution in [0.3, 0.4) is 0 Å². The lowest BCUT2D eigenvalue weighted by atomic mass is 10.2. The largest absolute Gasteiger partial charge is 0.871 e. The Balaban J connectivity index is 2.04. The van der Waals surface area contributed by atoms with Crippen LogP contribution in [-0.2, 0) is 28.5 Å². The maximum absolute atomic E-state index is 12.2. The summed E-state index contributed by atoms with van der Waals surface area (Å²) in [5.41, 5.74) is 0.240. The number of hydrogen-bond donors (Lipinski definition) is 0. The van der Waals surface area contributed by atoms with Crippen LogP contribution in [0.5, 0.6) is 0 Å². The van der Waals surface area contributed by atoms with Crippen molar-refractivity contribution in [2.75, 3.05) is 60.6 Å². The fourth-order valence-corrected chi connectivity index (χ4v) is 3.24. The van der Waals surface area contributed by atoms with Crippen LogP contribution in [0.2, 0.25) is 0 Å². The van der Waals surface area contributed by atoms with Gasteiger partial charge in [-0.15, -0.1) is 0 Å². The molecule has 2 aliphatic heterocycles. The molecule has 1 spiro atoms. The van der Waals surface area contributed by atoms with Gasteiger partial charge >= 0.3 is 5.97 Å². The monoisotopic (exact) mass is 331 g/mol. The quantitative estimate of drug-likeness (QED) is 0.320.